The average molecular weight is 395 g/mol. The predicted octanol–water partition coefficient (Wildman–Crippen LogP) is 2.91. The topological polar surface area (TPSA) is 74.8 Å². The maximum Gasteiger partial charge on any atom is 0.422 e. The maximum absolute atomic E-state index is 13.0. The number of aromatic nitrogens is 3. The van der Waals surface area contributed by atoms with Crippen LogP contribution in [0.2, 0.25) is 0 Å². The smallest absolute Gasteiger partial charge is 0.422 e. The van der Waals surface area contributed by atoms with Crippen molar-refractivity contribution in [2.75, 3.05) is 13.2 Å². The number of rotatable bonds is 5. The van der Waals surface area contributed by atoms with E-state index in [1.807, 2.05) is 0 Å². The van der Waals surface area contributed by atoms with Crippen molar-refractivity contribution in [3.05, 3.63) is 58.3 Å². The first-order valence-corrected chi connectivity index (χ1v) is 8.29. The summed E-state index contributed by atoms with van der Waals surface area (Å²) >= 11 is 0. The van der Waals surface area contributed by atoms with E-state index in [4.69, 9.17) is 9.47 Å². The summed E-state index contributed by atoms with van der Waals surface area (Å²) < 4.78 is 49.8. The number of esters is 1. The Morgan fingerprint density at radius 2 is 1.96 bits per heavy atom. The Bertz CT molecular complexity index is 1090. The molecule has 28 heavy (non-hydrogen) atoms. The molecule has 0 aliphatic rings. The van der Waals surface area contributed by atoms with E-state index in [-0.39, 0.29) is 29.1 Å². The number of carbonyl (C=O) groups is 1. The van der Waals surface area contributed by atoms with Crippen molar-refractivity contribution < 1.29 is 27.4 Å². The lowest BCUT2D eigenvalue weighted by Gasteiger charge is -2.15. The van der Waals surface area contributed by atoms with Crippen LogP contribution in [0.25, 0.3) is 11.2 Å². The highest BCUT2D eigenvalue weighted by Crippen LogP contribution is 2.25. The number of halogens is 3. The molecule has 0 spiro atoms. The summed E-state index contributed by atoms with van der Waals surface area (Å²) in [5.74, 6) is -0.837. The molecule has 0 aliphatic heterocycles. The molecule has 0 radical (unpaired) electrons. The summed E-state index contributed by atoms with van der Waals surface area (Å²) in [4.78, 5) is 25.2. The monoisotopic (exact) mass is 395 g/mol. The van der Waals surface area contributed by atoms with Crippen LogP contribution in [-0.2, 0) is 4.74 Å². The Morgan fingerprint density at radius 3 is 2.64 bits per heavy atom. The zero-order chi connectivity index (χ0) is 20.5. The molecular formula is C18H16F3N3O4. The minimum Gasteiger partial charge on any atom is -0.482 e. The van der Waals surface area contributed by atoms with Crippen molar-refractivity contribution in [2.24, 2.45) is 0 Å². The Balaban J connectivity index is 2.18. The molecule has 0 fully saturated rings. The summed E-state index contributed by atoms with van der Waals surface area (Å²) in [6.07, 6.45) is -1.90. The first-order valence-electron chi connectivity index (χ1n) is 8.29. The number of alkyl halides is 3. The molecule has 0 aliphatic carbocycles. The molecule has 10 heteroatoms. The van der Waals surface area contributed by atoms with Crippen LogP contribution in [0.4, 0.5) is 13.2 Å². The minimum atomic E-state index is -4.53. The number of aryl methyl sites for hydroxylation is 1. The fourth-order valence-corrected chi connectivity index (χ4v) is 2.71. The summed E-state index contributed by atoms with van der Waals surface area (Å²) in [5, 5.41) is 4.03. The largest absolute Gasteiger partial charge is 0.482 e. The van der Waals surface area contributed by atoms with Crippen molar-refractivity contribution in [3.63, 3.8) is 0 Å². The lowest BCUT2D eigenvalue weighted by Crippen LogP contribution is -2.25. The van der Waals surface area contributed by atoms with Gasteiger partial charge in [0.2, 0.25) is 0 Å². The van der Waals surface area contributed by atoms with Crippen molar-refractivity contribution in [3.8, 4) is 11.4 Å². The van der Waals surface area contributed by atoms with E-state index in [1.54, 1.807) is 19.9 Å². The Morgan fingerprint density at radius 1 is 1.25 bits per heavy atom. The van der Waals surface area contributed by atoms with Crippen LogP contribution in [0, 0.1) is 6.92 Å². The third-order valence-electron chi connectivity index (χ3n) is 3.85. The van der Waals surface area contributed by atoms with Gasteiger partial charge in [0.05, 0.1) is 24.2 Å². The second kappa shape index (κ2) is 7.37. The van der Waals surface area contributed by atoms with Crippen LogP contribution in [0.15, 0.2) is 41.5 Å². The van der Waals surface area contributed by atoms with E-state index in [0.717, 1.165) is 4.57 Å². The summed E-state index contributed by atoms with van der Waals surface area (Å²) in [5.41, 5.74) is -0.120. The van der Waals surface area contributed by atoms with Gasteiger partial charge in [-0.3, -0.25) is 9.36 Å². The Kier molecular flexibility index (Phi) is 5.12. The van der Waals surface area contributed by atoms with Crippen LogP contribution < -0.4 is 10.3 Å². The van der Waals surface area contributed by atoms with Gasteiger partial charge < -0.3 is 9.47 Å². The minimum absolute atomic E-state index is 0.0296. The molecule has 0 saturated heterocycles. The normalized spacial score (nSPS) is 11.6. The number of hydrogen-bond donors (Lipinski definition) is 0. The number of ether oxygens (including phenoxy) is 2. The molecule has 2 heterocycles. The quantitative estimate of drug-likeness (QED) is 0.621. The van der Waals surface area contributed by atoms with Gasteiger partial charge in [0.25, 0.3) is 5.56 Å². The van der Waals surface area contributed by atoms with Crippen molar-refractivity contribution in [1.82, 2.24) is 14.2 Å². The molecule has 3 aromatic rings. The maximum atomic E-state index is 13.0. The highest BCUT2D eigenvalue weighted by molar-refractivity contribution is 5.96. The van der Waals surface area contributed by atoms with Gasteiger partial charge in [-0.15, -0.1) is 0 Å². The highest BCUT2D eigenvalue weighted by Gasteiger charge is 2.29. The molecule has 148 valence electrons. The van der Waals surface area contributed by atoms with Crippen LogP contribution in [0.1, 0.15) is 23.0 Å². The third kappa shape index (κ3) is 3.71. The molecule has 0 amide bonds. The molecule has 2 aromatic heterocycles. The van der Waals surface area contributed by atoms with E-state index in [1.165, 1.54) is 35.1 Å². The van der Waals surface area contributed by atoms with Gasteiger partial charge in [0.1, 0.15) is 16.8 Å². The standard InChI is InChI=1S/C18H16F3N3O4/c1-3-27-17(26)12-8-22-24-11(2)9-23(16(25)15(12)24)13-6-4-5-7-14(13)28-10-18(19,20)21/h4-9H,3,10H2,1-2H3. The fraction of sp³-hybridized carbons (Fsp3) is 0.278. The zero-order valence-corrected chi connectivity index (χ0v) is 15.0. The van der Waals surface area contributed by atoms with E-state index in [9.17, 15) is 22.8 Å². The molecule has 0 bridgehead atoms. The Labute approximate surface area is 156 Å². The molecular weight excluding hydrogens is 379 g/mol. The van der Waals surface area contributed by atoms with Gasteiger partial charge in [-0.2, -0.15) is 18.3 Å². The van der Waals surface area contributed by atoms with Crippen LogP contribution in [0.3, 0.4) is 0 Å². The SMILES string of the molecule is CCOC(=O)c1cnn2c(C)cn(-c3ccccc3OCC(F)(F)F)c(=O)c12. The summed E-state index contributed by atoms with van der Waals surface area (Å²) in [6.45, 7) is 1.89. The molecule has 1 aromatic carbocycles. The summed E-state index contributed by atoms with van der Waals surface area (Å²) in [7, 11) is 0. The molecule has 0 atom stereocenters. The first-order chi connectivity index (χ1) is 13.2. The number of para-hydroxylation sites is 2. The average Bonchev–Trinajstić information content (AvgIpc) is 3.09. The van der Waals surface area contributed by atoms with Crippen molar-refractivity contribution in [2.45, 2.75) is 20.0 Å². The van der Waals surface area contributed by atoms with Gasteiger partial charge in [-0.25, -0.2) is 9.31 Å². The molecule has 0 saturated carbocycles. The molecule has 7 nitrogen and oxygen atoms in total. The van der Waals surface area contributed by atoms with Crippen LogP contribution >= 0.6 is 0 Å². The van der Waals surface area contributed by atoms with E-state index in [0.29, 0.717) is 5.69 Å². The third-order valence-corrected chi connectivity index (χ3v) is 3.85. The first kappa shape index (κ1) is 19.5. The summed E-state index contributed by atoms with van der Waals surface area (Å²) in [6, 6.07) is 5.83. The number of carbonyl (C=O) groups excluding carboxylic acids is 1. The van der Waals surface area contributed by atoms with Gasteiger partial charge in [-0.05, 0) is 26.0 Å². The number of nitrogens with zero attached hydrogens (tertiary/aromatic N) is 3. The predicted molar refractivity (Wildman–Crippen MR) is 93.0 cm³/mol. The molecule has 0 N–H and O–H groups in total. The lowest BCUT2D eigenvalue weighted by molar-refractivity contribution is -0.153. The van der Waals surface area contributed by atoms with Crippen molar-refractivity contribution in [1.29, 1.82) is 0 Å². The van der Waals surface area contributed by atoms with Crippen LogP contribution in [0.5, 0.6) is 5.75 Å². The second-order valence-corrected chi connectivity index (χ2v) is 5.86. The number of benzene rings is 1. The second-order valence-electron chi connectivity index (χ2n) is 5.86. The molecule has 3 rings (SSSR count). The van der Waals surface area contributed by atoms with Crippen LogP contribution in [-0.4, -0.2) is 39.5 Å². The van der Waals surface area contributed by atoms with Gasteiger partial charge in [0.15, 0.2) is 6.61 Å². The molecule has 0 unspecified atom stereocenters. The van der Waals surface area contributed by atoms with E-state index >= 15 is 0 Å². The lowest BCUT2D eigenvalue weighted by atomic mass is 10.2. The number of hydrogen-bond acceptors (Lipinski definition) is 5. The van der Waals surface area contributed by atoms with E-state index < -0.39 is 24.3 Å². The van der Waals surface area contributed by atoms with E-state index in [2.05, 4.69) is 5.10 Å². The Hall–Kier alpha value is -3.30. The zero-order valence-electron chi connectivity index (χ0n) is 15.0. The van der Waals surface area contributed by atoms with Gasteiger partial charge in [-0.1, -0.05) is 12.1 Å². The number of fused-ring (bicyclic) bond motifs is 1. The van der Waals surface area contributed by atoms with Crippen molar-refractivity contribution >= 4 is 11.5 Å². The highest BCUT2D eigenvalue weighted by atomic mass is 19.4. The van der Waals surface area contributed by atoms with Gasteiger partial charge >= 0.3 is 12.1 Å². The van der Waals surface area contributed by atoms with Gasteiger partial charge in [0, 0.05) is 6.20 Å². The fourth-order valence-electron chi connectivity index (χ4n) is 2.71.